The fraction of sp³-hybridized carbons (Fsp3) is 0.571. The Morgan fingerprint density at radius 2 is 1.40 bits per heavy atom. The predicted octanol–water partition coefficient (Wildman–Crippen LogP) is 9.21. The van der Waals surface area contributed by atoms with E-state index in [1.807, 2.05) is 24.3 Å². The normalized spacial score (nSPS) is 14.7. The highest BCUT2D eigenvalue weighted by molar-refractivity contribution is 7.92. The maximum absolute atomic E-state index is 14.1. The van der Waals surface area contributed by atoms with Crippen LogP contribution in [0, 0.1) is 0 Å². The molecule has 43 heavy (non-hydrogen) atoms. The molecule has 8 heteroatoms. The SMILES string of the molecule is CCCCCCCCCCCCCCCCCC1=Nn2c(nc3ccccc32)C1S(=O)(=O)c1cccc(C(=O)OCC)c1. The van der Waals surface area contributed by atoms with Crippen molar-refractivity contribution in [3.05, 3.63) is 59.9 Å². The number of nitrogens with zero attached hydrogens (tertiary/aromatic N) is 3. The third-order valence-corrected chi connectivity index (χ3v) is 10.4. The highest BCUT2D eigenvalue weighted by Crippen LogP contribution is 2.38. The molecule has 1 unspecified atom stereocenters. The van der Waals surface area contributed by atoms with E-state index in [0.29, 0.717) is 23.5 Å². The predicted molar refractivity (Wildman–Crippen MR) is 174 cm³/mol. The maximum Gasteiger partial charge on any atom is 0.338 e. The van der Waals surface area contributed by atoms with E-state index in [1.54, 1.807) is 23.7 Å². The van der Waals surface area contributed by atoms with E-state index < -0.39 is 21.1 Å². The summed E-state index contributed by atoms with van der Waals surface area (Å²) in [4.78, 5) is 17.1. The summed E-state index contributed by atoms with van der Waals surface area (Å²) < 4.78 is 35.0. The minimum absolute atomic E-state index is 0.0766. The van der Waals surface area contributed by atoms with Crippen molar-refractivity contribution >= 4 is 32.6 Å². The second-order valence-electron chi connectivity index (χ2n) is 11.7. The molecule has 0 radical (unpaired) electrons. The molecule has 0 bridgehead atoms. The number of unbranched alkanes of at least 4 members (excludes halogenated alkanes) is 14. The van der Waals surface area contributed by atoms with Gasteiger partial charge in [0, 0.05) is 0 Å². The van der Waals surface area contributed by atoms with Crippen LogP contribution in [0.25, 0.3) is 11.0 Å². The van der Waals surface area contributed by atoms with Crippen LogP contribution in [0.15, 0.2) is 58.5 Å². The summed E-state index contributed by atoms with van der Waals surface area (Å²) >= 11 is 0. The number of sulfone groups is 1. The van der Waals surface area contributed by atoms with Crippen molar-refractivity contribution in [2.45, 2.75) is 127 Å². The van der Waals surface area contributed by atoms with Gasteiger partial charge in [0.2, 0.25) is 0 Å². The maximum atomic E-state index is 14.1. The lowest BCUT2D eigenvalue weighted by molar-refractivity contribution is 0.0526. The van der Waals surface area contributed by atoms with Gasteiger partial charge in [-0.25, -0.2) is 22.9 Å². The summed E-state index contributed by atoms with van der Waals surface area (Å²) in [5.74, 6) is -0.122. The van der Waals surface area contributed by atoms with Crippen LogP contribution in [-0.4, -0.2) is 36.4 Å². The second-order valence-corrected chi connectivity index (χ2v) is 13.8. The number of para-hydroxylation sites is 2. The van der Waals surface area contributed by atoms with Crippen molar-refractivity contribution in [2.24, 2.45) is 5.10 Å². The Bertz CT molecular complexity index is 1460. The van der Waals surface area contributed by atoms with Gasteiger partial charge in [-0.05, 0) is 50.1 Å². The molecule has 3 aromatic rings. The number of benzene rings is 2. The Balaban J connectivity index is 1.31. The number of ether oxygens (including phenoxy) is 1. The molecule has 234 valence electrons. The van der Waals surface area contributed by atoms with E-state index in [0.717, 1.165) is 24.8 Å². The number of esters is 1. The number of hydrogen-bond acceptors (Lipinski definition) is 6. The van der Waals surface area contributed by atoms with Crippen molar-refractivity contribution in [1.82, 2.24) is 9.66 Å². The van der Waals surface area contributed by atoms with Gasteiger partial charge in [-0.15, -0.1) is 0 Å². The first-order valence-electron chi connectivity index (χ1n) is 16.5. The van der Waals surface area contributed by atoms with E-state index in [4.69, 9.17) is 14.8 Å². The highest BCUT2D eigenvalue weighted by Gasteiger charge is 2.41. The van der Waals surface area contributed by atoms with Crippen molar-refractivity contribution in [1.29, 1.82) is 0 Å². The Morgan fingerprint density at radius 1 is 0.791 bits per heavy atom. The van der Waals surface area contributed by atoms with E-state index in [9.17, 15) is 13.2 Å². The number of carbonyl (C=O) groups is 1. The van der Waals surface area contributed by atoms with Crippen LogP contribution in [0.1, 0.15) is 138 Å². The topological polar surface area (TPSA) is 90.6 Å². The van der Waals surface area contributed by atoms with Crippen LogP contribution in [0.3, 0.4) is 0 Å². The molecule has 2 aromatic carbocycles. The molecule has 0 saturated heterocycles. The standard InChI is InChI=1S/C35H49N3O4S/c1-3-5-6-7-8-9-10-11-12-13-14-15-16-17-18-25-31-33(34-36-30-24-19-20-26-32(30)38(34)37-31)43(40,41)29-23-21-22-28(27-29)35(39)42-4-2/h19-24,26-27,33H,3-18,25H2,1-2H3. The number of imidazole rings is 1. The third-order valence-electron chi connectivity index (χ3n) is 8.35. The van der Waals surface area contributed by atoms with Gasteiger partial charge >= 0.3 is 5.97 Å². The van der Waals surface area contributed by atoms with Gasteiger partial charge in [-0.2, -0.15) is 5.10 Å². The van der Waals surface area contributed by atoms with E-state index in [2.05, 4.69) is 6.92 Å². The summed E-state index contributed by atoms with van der Waals surface area (Å²) in [5, 5.41) is 3.82. The fourth-order valence-electron chi connectivity index (χ4n) is 5.96. The smallest absolute Gasteiger partial charge is 0.338 e. The van der Waals surface area contributed by atoms with Crippen LogP contribution in [0.5, 0.6) is 0 Å². The average molecular weight is 608 g/mol. The van der Waals surface area contributed by atoms with Gasteiger partial charge in [0.05, 0.1) is 33.8 Å². The van der Waals surface area contributed by atoms with Crippen LogP contribution in [0.4, 0.5) is 0 Å². The molecule has 2 heterocycles. The molecule has 0 aliphatic carbocycles. The van der Waals surface area contributed by atoms with Gasteiger partial charge in [0.15, 0.2) is 20.9 Å². The molecule has 7 nitrogen and oxygen atoms in total. The summed E-state index contributed by atoms with van der Waals surface area (Å²) in [6.45, 7) is 4.21. The Hall–Kier alpha value is -3.00. The number of rotatable bonds is 20. The molecular formula is C35H49N3O4S. The largest absolute Gasteiger partial charge is 0.462 e. The van der Waals surface area contributed by atoms with Crippen LogP contribution in [0.2, 0.25) is 0 Å². The first-order chi connectivity index (χ1) is 21.0. The minimum atomic E-state index is -3.91. The lowest BCUT2D eigenvalue weighted by atomic mass is 10.0. The average Bonchev–Trinajstić information content (AvgIpc) is 3.55. The van der Waals surface area contributed by atoms with Gasteiger partial charge < -0.3 is 4.74 Å². The number of fused-ring (bicyclic) bond motifs is 3. The highest BCUT2D eigenvalue weighted by atomic mass is 32.2. The Kier molecular flexibility index (Phi) is 12.8. The molecular weight excluding hydrogens is 558 g/mol. The molecule has 0 amide bonds. The van der Waals surface area contributed by atoms with Crippen molar-refractivity contribution < 1.29 is 17.9 Å². The zero-order valence-corrected chi connectivity index (χ0v) is 26.9. The molecule has 1 aliphatic heterocycles. The summed E-state index contributed by atoms with van der Waals surface area (Å²) in [7, 11) is -3.91. The monoisotopic (exact) mass is 607 g/mol. The van der Waals surface area contributed by atoms with Gasteiger partial charge in [-0.3, -0.25) is 0 Å². The lowest BCUT2D eigenvalue weighted by Gasteiger charge is -2.14. The second kappa shape index (κ2) is 16.7. The summed E-state index contributed by atoms with van der Waals surface area (Å²) in [6.07, 6.45) is 19.8. The molecule has 4 rings (SSSR count). The van der Waals surface area contributed by atoms with E-state index >= 15 is 0 Å². The lowest BCUT2D eigenvalue weighted by Crippen LogP contribution is -2.21. The summed E-state index contributed by atoms with van der Waals surface area (Å²) in [5.41, 5.74) is 2.34. The quantitative estimate of drug-likeness (QED) is 0.0943. The third kappa shape index (κ3) is 8.78. The molecule has 0 fully saturated rings. The fourth-order valence-corrected chi connectivity index (χ4v) is 7.75. The molecule has 0 spiro atoms. The van der Waals surface area contributed by atoms with Gasteiger partial charge in [0.25, 0.3) is 0 Å². The van der Waals surface area contributed by atoms with Gasteiger partial charge in [-0.1, -0.05) is 115 Å². The van der Waals surface area contributed by atoms with Crippen molar-refractivity contribution in [2.75, 3.05) is 6.61 Å². The van der Waals surface area contributed by atoms with Gasteiger partial charge in [0.1, 0.15) is 0 Å². The first-order valence-corrected chi connectivity index (χ1v) is 18.1. The molecule has 1 aromatic heterocycles. The van der Waals surface area contributed by atoms with Crippen LogP contribution in [-0.2, 0) is 14.6 Å². The minimum Gasteiger partial charge on any atom is -0.462 e. The van der Waals surface area contributed by atoms with Crippen molar-refractivity contribution in [3.63, 3.8) is 0 Å². The Morgan fingerprint density at radius 3 is 2.02 bits per heavy atom. The number of hydrogen-bond donors (Lipinski definition) is 0. The number of carbonyl (C=O) groups excluding carboxylic acids is 1. The van der Waals surface area contributed by atoms with E-state index in [-0.39, 0.29) is 17.1 Å². The molecule has 1 aliphatic rings. The number of aromatic nitrogens is 2. The van der Waals surface area contributed by atoms with E-state index in [1.165, 1.54) is 89.2 Å². The summed E-state index contributed by atoms with van der Waals surface area (Å²) in [6, 6.07) is 13.7. The van der Waals surface area contributed by atoms with Crippen LogP contribution < -0.4 is 0 Å². The molecule has 0 saturated carbocycles. The zero-order chi connectivity index (χ0) is 30.5. The van der Waals surface area contributed by atoms with Crippen LogP contribution >= 0.6 is 0 Å². The Labute approximate surface area is 258 Å². The molecule has 1 atom stereocenters. The molecule has 0 N–H and O–H groups in total. The first kappa shape index (κ1) is 32.9. The zero-order valence-electron chi connectivity index (χ0n) is 26.1. The van der Waals surface area contributed by atoms with Crippen molar-refractivity contribution in [3.8, 4) is 0 Å².